The molecule has 1 atom stereocenters. The maximum absolute atomic E-state index is 12.8. The third kappa shape index (κ3) is 4.00. The number of hydrogen-bond acceptors (Lipinski definition) is 5. The largest absolute Gasteiger partial charge is 0.507 e. The Bertz CT molecular complexity index is 1000. The van der Waals surface area contributed by atoms with E-state index >= 15 is 0 Å². The number of Topliss-reactive ketones (excluding diaryl/α,β-unsaturated/α-hetero) is 1. The lowest BCUT2D eigenvalue weighted by molar-refractivity contribution is -0.384. The van der Waals surface area contributed by atoms with Crippen molar-refractivity contribution >= 4 is 34.7 Å². The molecule has 3 rings (SSSR count). The van der Waals surface area contributed by atoms with Gasteiger partial charge in [0, 0.05) is 29.3 Å². The van der Waals surface area contributed by atoms with E-state index in [1.807, 2.05) is 6.92 Å². The van der Waals surface area contributed by atoms with Crippen LogP contribution in [0.15, 0.2) is 54.1 Å². The first-order valence-corrected chi connectivity index (χ1v) is 9.51. The van der Waals surface area contributed by atoms with Gasteiger partial charge >= 0.3 is 0 Å². The van der Waals surface area contributed by atoms with Crippen molar-refractivity contribution in [1.82, 2.24) is 4.90 Å². The van der Waals surface area contributed by atoms with Gasteiger partial charge < -0.3 is 10.0 Å². The molecule has 1 aliphatic heterocycles. The minimum atomic E-state index is -0.905. The van der Waals surface area contributed by atoms with E-state index in [0.717, 1.165) is 6.42 Å². The quantitative estimate of drug-likeness (QED) is 0.247. The van der Waals surface area contributed by atoms with Crippen LogP contribution in [-0.4, -0.2) is 33.2 Å². The molecule has 2 aromatic rings. The maximum Gasteiger partial charge on any atom is 0.295 e. The smallest absolute Gasteiger partial charge is 0.295 e. The number of hydrogen-bond donors (Lipinski definition) is 1. The first kappa shape index (κ1) is 20.5. The molecule has 150 valence electrons. The molecule has 1 fully saturated rings. The lowest BCUT2D eigenvalue weighted by Gasteiger charge is -2.25. The Labute approximate surface area is 172 Å². The van der Waals surface area contributed by atoms with Gasteiger partial charge in [-0.25, -0.2) is 0 Å². The second-order valence-electron chi connectivity index (χ2n) is 6.71. The molecule has 0 aromatic heterocycles. The maximum atomic E-state index is 12.8. The number of non-ortho nitro benzene ring substituents is 1. The zero-order valence-electron chi connectivity index (χ0n) is 15.7. The van der Waals surface area contributed by atoms with Gasteiger partial charge in [0.1, 0.15) is 5.76 Å². The molecule has 1 amide bonds. The highest BCUT2D eigenvalue weighted by atomic mass is 35.5. The van der Waals surface area contributed by atoms with Crippen molar-refractivity contribution in [2.75, 3.05) is 6.54 Å². The van der Waals surface area contributed by atoms with Gasteiger partial charge in [-0.2, -0.15) is 0 Å². The number of benzene rings is 2. The van der Waals surface area contributed by atoms with Crippen LogP contribution in [0.25, 0.3) is 5.76 Å². The number of aliphatic hydroxyl groups excluding tert-OH is 1. The number of carbonyl (C=O) groups excluding carboxylic acids is 2. The minimum Gasteiger partial charge on any atom is -0.507 e. The Hall–Kier alpha value is -3.19. The molecule has 0 bridgehead atoms. The fraction of sp³-hybridized carbons (Fsp3) is 0.238. The molecule has 2 aromatic carbocycles. The molecule has 1 unspecified atom stereocenters. The Balaban J connectivity index is 2.18. The van der Waals surface area contributed by atoms with Crippen LogP contribution in [0.2, 0.25) is 5.02 Å². The van der Waals surface area contributed by atoms with E-state index in [4.69, 9.17) is 11.6 Å². The molecule has 1 N–H and O–H groups in total. The number of nitrogens with zero attached hydrogens (tertiary/aromatic N) is 2. The molecular formula is C21H19ClN2O5. The predicted molar refractivity (Wildman–Crippen MR) is 108 cm³/mol. The third-order valence-electron chi connectivity index (χ3n) is 4.81. The van der Waals surface area contributed by atoms with Crippen molar-refractivity contribution < 1.29 is 19.6 Å². The summed E-state index contributed by atoms with van der Waals surface area (Å²) < 4.78 is 0. The van der Waals surface area contributed by atoms with E-state index in [1.165, 1.54) is 23.1 Å². The van der Waals surface area contributed by atoms with Crippen LogP contribution in [0.5, 0.6) is 0 Å². The van der Waals surface area contributed by atoms with Crippen LogP contribution in [0.3, 0.4) is 0 Å². The molecule has 1 saturated heterocycles. The van der Waals surface area contributed by atoms with Crippen LogP contribution < -0.4 is 0 Å². The summed E-state index contributed by atoms with van der Waals surface area (Å²) in [4.78, 5) is 37.5. The van der Waals surface area contributed by atoms with Gasteiger partial charge in [-0.05, 0) is 36.2 Å². The summed E-state index contributed by atoms with van der Waals surface area (Å²) in [6, 6.07) is 11.1. The summed E-state index contributed by atoms with van der Waals surface area (Å²) in [6.45, 7) is 2.25. The van der Waals surface area contributed by atoms with Crippen molar-refractivity contribution in [3.05, 3.63) is 80.4 Å². The van der Waals surface area contributed by atoms with Gasteiger partial charge in [0.2, 0.25) is 0 Å². The van der Waals surface area contributed by atoms with E-state index in [0.29, 0.717) is 29.1 Å². The van der Waals surface area contributed by atoms with Gasteiger partial charge in [-0.3, -0.25) is 19.7 Å². The first-order valence-electron chi connectivity index (χ1n) is 9.13. The molecule has 8 heteroatoms. The van der Waals surface area contributed by atoms with Gasteiger partial charge in [-0.15, -0.1) is 0 Å². The van der Waals surface area contributed by atoms with Crippen molar-refractivity contribution in [3.8, 4) is 0 Å². The number of nitro benzene ring substituents is 1. The zero-order chi connectivity index (χ0) is 21.1. The second kappa shape index (κ2) is 8.45. The summed E-state index contributed by atoms with van der Waals surface area (Å²) in [5.41, 5.74) is 0.479. The molecule has 1 heterocycles. The lowest BCUT2D eigenvalue weighted by Crippen LogP contribution is -2.30. The second-order valence-corrected chi connectivity index (χ2v) is 7.14. The number of aliphatic hydroxyl groups is 1. The van der Waals surface area contributed by atoms with Crippen LogP contribution in [-0.2, 0) is 9.59 Å². The number of nitro groups is 1. The molecule has 29 heavy (non-hydrogen) atoms. The Morgan fingerprint density at radius 2 is 1.90 bits per heavy atom. The third-order valence-corrected chi connectivity index (χ3v) is 5.06. The fourth-order valence-electron chi connectivity index (χ4n) is 3.36. The standard InChI is InChI=1S/C21H19ClN2O5/c1-2-3-11-23-18(14-5-4-6-16(12-14)24(28)29)17(20(26)21(23)27)19(25)13-7-9-15(22)10-8-13/h4-10,12,18,25H,2-3,11H2,1H3. The lowest BCUT2D eigenvalue weighted by atomic mass is 9.95. The van der Waals surface area contributed by atoms with Gasteiger partial charge in [0.25, 0.3) is 17.4 Å². The van der Waals surface area contributed by atoms with Gasteiger partial charge in [0.15, 0.2) is 0 Å². The van der Waals surface area contributed by atoms with E-state index in [-0.39, 0.29) is 17.0 Å². The van der Waals surface area contributed by atoms with Crippen molar-refractivity contribution in [2.24, 2.45) is 0 Å². The van der Waals surface area contributed by atoms with E-state index < -0.39 is 22.7 Å². The highest BCUT2D eigenvalue weighted by Gasteiger charge is 2.46. The number of amides is 1. The number of ketones is 1. The van der Waals surface area contributed by atoms with Gasteiger partial charge in [0.05, 0.1) is 16.5 Å². The van der Waals surface area contributed by atoms with Crippen molar-refractivity contribution in [2.45, 2.75) is 25.8 Å². The molecule has 0 radical (unpaired) electrons. The summed E-state index contributed by atoms with van der Waals surface area (Å²) in [6.07, 6.45) is 1.45. The SMILES string of the molecule is CCCCN1C(=O)C(=O)C(=C(O)c2ccc(Cl)cc2)C1c1cccc([N+](=O)[O-])c1. The first-order chi connectivity index (χ1) is 13.8. The Kier molecular flexibility index (Phi) is 5.98. The average Bonchev–Trinajstić information content (AvgIpc) is 2.97. The van der Waals surface area contributed by atoms with Gasteiger partial charge in [-0.1, -0.05) is 37.1 Å². The zero-order valence-corrected chi connectivity index (χ0v) is 16.4. The number of rotatable bonds is 6. The number of likely N-dealkylation sites (tertiary alicyclic amines) is 1. The Morgan fingerprint density at radius 3 is 2.52 bits per heavy atom. The van der Waals surface area contributed by atoms with E-state index in [1.54, 1.807) is 30.3 Å². The average molecular weight is 415 g/mol. The molecule has 7 nitrogen and oxygen atoms in total. The van der Waals surface area contributed by atoms with E-state index in [9.17, 15) is 24.8 Å². The minimum absolute atomic E-state index is 0.0890. The summed E-state index contributed by atoms with van der Waals surface area (Å²) in [5, 5.41) is 22.5. The monoisotopic (exact) mass is 414 g/mol. The molecule has 0 saturated carbocycles. The highest BCUT2D eigenvalue weighted by Crippen LogP contribution is 2.40. The number of unbranched alkanes of at least 4 members (excludes halogenated alkanes) is 1. The Morgan fingerprint density at radius 1 is 1.21 bits per heavy atom. The highest BCUT2D eigenvalue weighted by molar-refractivity contribution is 6.46. The van der Waals surface area contributed by atoms with Crippen LogP contribution in [0.4, 0.5) is 5.69 Å². The number of carbonyl (C=O) groups is 2. The fourth-order valence-corrected chi connectivity index (χ4v) is 3.48. The molecular weight excluding hydrogens is 396 g/mol. The molecule has 1 aliphatic rings. The van der Waals surface area contributed by atoms with Crippen molar-refractivity contribution in [1.29, 1.82) is 0 Å². The van der Waals surface area contributed by atoms with Crippen LogP contribution in [0.1, 0.15) is 36.9 Å². The van der Waals surface area contributed by atoms with Crippen LogP contribution in [0, 0.1) is 10.1 Å². The summed E-state index contributed by atoms with van der Waals surface area (Å²) in [5.74, 6) is -1.88. The normalized spacial score (nSPS) is 18.3. The van der Waals surface area contributed by atoms with Crippen molar-refractivity contribution in [3.63, 3.8) is 0 Å². The summed E-state index contributed by atoms with van der Waals surface area (Å²) >= 11 is 5.89. The van der Waals surface area contributed by atoms with E-state index in [2.05, 4.69) is 0 Å². The molecule has 0 aliphatic carbocycles. The topological polar surface area (TPSA) is 101 Å². The number of halogens is 1. The predicted octanol–water partition coefficient (Wildman–Crippen LogP) is 4.47. The van der Waals surface area contributed by atoms with Crippen LogP contribution >= 0.6 is 11.6 Å². The summed E-state index contributed by atoms with van der Waals surface area (Å²) in [7, 11) is 0. The molecule has 0 spiro atoms.